The summed E-state index contributed by atoms with van der Waals surface area (Å²) in [6, 6.07) is 3.83. The second kappa shape index (κ2) is 5.63. The monoisotopic (exact) mass is 236 g/mol. The summed E-state index contributed by atoms with van der Waals surface area (Å²) in [5.41, 5.74) is 1.02. The molecule has 0 bridgehead atoms. The molecule has 1 N–H and O–H groups in total. The number of aliphatic hydroxyl groups is 1. The summed E-state index contributed by atoms with van der Waals surface area (Å²) in [4.78, 5) is 17.4. The molecule has 0 spiro atoms. The topological polar surface area (TPSA) is 62.7 Å². The number of pyridine rings is 1. The summed E-state index contributed by atoms with van der Waals surface area (Å²) in [6.45, 7) is 0.0908. The molecule has 1 atom stereocenters. The zero-order valence-corrected chi connectivity index (χ0v) is 9.58. The Morgan fingerprint density at radius 3 is 3.18 bits per heavy atom. The number of carbonyl (C=O) groups excluding carboxylic acids is 1. The quantitative estimate of drug-likeness (QED) is 0.794. The molecule has 92 valence electrons. The Morgan fingerprint density at radius 2 is 2.47 bits per heavy atom. The van der Waals surface area contributed by atoms with Gasteiger partial charge >= 0.3 is 6.09 Å². The van der Waals surface area contributed by atoms with Crippen LogP contribution in [0.25, 0.3) is 0 Å². The molecule has 1 aromatic heterocycles. The van der Waals surface area contributed by atoms with Crippen LogP contribution in [0, 0.1) is 0 Å². The molecule has 0 aliphatic carbocycles. The summed E-state index contributed by atoms with van der Waals surface area (Å²) in [5.74, 6) is 0. The van der Waals surface area contributed by atoms with Gasteiger partial charge in [0.15, 0.2) is 6.79 Å². The number of nitrogens with zero attached hydrogens (tertiary/aromatic N) is 2. The Labute approximate surface area is 100 Å². The fourth-order valence-electron chi connectivity index (χ4n) is 2.21. The normalized spacial score (nSPS) is 20.1. The van der Waals surface area contributed by atoms with Crippen molar-refractivity contribution in [2.75, 3.05) is 13.3 Å². The van der Waals surface area contributed by atoms with Gasteiger partial charge < -0.3 is 14.7 Å². The zero-order chi connectivity index (χ0) is 12.1. The van der Waals surface area contributed by atoms with Gasteiger partial charge in [-0.1, -0.05) is 6.07 Å². The molecule has 1 aliphatic rings. The number of piperidine rings is 1. The highest BCUT2D eigenvalue weighted by Gasteiger charge is 2.28. The minimum absolute atomic E-state index is 0.0106. The van der Waals surface area contributed by atoms with E-state index < -0.39 is 12.9 Å². The maximum atomic E-state index is 11.7. The van der Waals surface area contributed by atoms with Crippen molar-refractivity contribution in [2.45, 2.75) is 25.3 Å². The van der Waals surface area contributed by atoms with E-state index in [9.17, 15) is 4.79 Å². The third-order valence-corrected chi connectivity index (χ3v) is 2.99. The van der Waals surface area contributed by atoms with Crippen LogP contribution < -0.4 is 0 Å². The Kier molecular flexibility index (Phi) is 3.93. The van der Waals surface area contributed by atoms with Gasteiger partial charge in [0, 0.05) is 18.9 Å². The van der Waals surface area contributed by atoms with Crippen molar-refractivity contribution < 1.29 is 14.6 Å². The molecule has 1 unspecified atom stereocenters. The fraction of sp³-hybridized carbons (Fsp3) is 0.500. The lowest BCUT2D eigenvalue weighted by Gasteiger charge is -2.34. The highest BCUT2D eigenvalue weighted by molar-refractivity contribution is 5.68. The van der Waals surface area contributed by atoms with E-state index in [1.54, 1.807) is 17.3 Å². The first-order chi connectivity index (χ1) is 8.33. The number of likely N-dealkylation sites (tertiary alicyclic amines) is 1. The van der Waals surface area contributed by atoms with E-state index in [-0.39, 0.29) is 6.04 Å². The standard InChI is InChI=1S/C12H16N2O3/c15-9-17-12(16)14-7-2-1-5-11(14)10-4-3-6-13-8-10/h3-4,6,8,11,15H,1-2,5,7,9H2. The molecule has 1 amide bonds. The van der Waals surface area contributed by atoms with Gasteiger partial charge in [0.1, 0.15) is 0 Å². The second-order valence-corrected chi connectivity index (χ2v) is 4.03. The highest BCUT2D eigenvalue weighted by atomic mass is 16.6. The van der Waals surface area contributed by atoms with Crippen LogP contribution >= 0.6 is 0 Å². The van der Waals surface area contributed by atoms with E-state index in [2.05, 4.69) is 9.72 Å². The molecule has 2 heterocycles. The molecule has 0 aromatic carbocycles. The Balaban J connectivity index is 2.15. The predicted octanol–water partition coefficient (Wildman–Crippen LogP) is 1.70. The molecule has 1 aromatic rings. The lowest BCUT2D eigenvalue weighted by molar-refractivity contribution is 0.00901. The summed E-state index contributed by atoms with van der Waals surface area (Å²) in [7, 11) is 0. The lowest BCUT2D eigenvalue weighted by atomic mass is 9.97. The zero-order valence-electron chi connectivity index (χ0n) is 9.58. The van der Waals surface area contributed by atoms with E-state index in [4.69, 9.17) is 5.11 Å². The number of hydrogen-bond donors (Lipinski definition) is 1. The van der Waals surface area contributed by atoms with Crippen molar-refractivity contribution in [3.05, 3.63) is 30.1 Å². The predicted molar refractivity (Wildman–Crippen MR) is 61.1 cm³/mol. The number of hydrogen-bond acceptors (Lipinski definition) is 4. The summed E-state index contributed by atoms with van der Waals surface area (Å²) in [6.07, 6.45) is 5.99. The van der Waals surface area contributed by atoms with Gasteiger partial charge in [0.2, 0.25) is 0 Å². The summed E-state index contributed by atoms with van der Waals surface area (Å²) < 4.78 is 4.66. The van der Waals surface area contributed by atoms with Crippen molar-refractivity contribution >= 4 is 6.09 Å². The van der Waals surface area contributed by atoms with Gasteiger partial charge in [-0.05, 0) is 30.9 Å². The Bertz CT molecular complexity index is 369. The number of carbonyl (C=O) groups is 1. The lowest BCUT2D eigenvalue weighted by Crippen LogP contribution is -2.39. The van der Waals surface area contributed by atoms with Gasteiger partial charge in [-0.2, -0.15) is 0 Å². The molecule has 0 radical (unpaired) electrons. The fourth-order valence-corrected chi connectivity index (χ4v) is 2.21. The number of amides is 1. The van der Waals surface area contributed by atoms with Crippen LogP contribution in [0.2, 0.25) is 0 Å². The van der Waals surface area contributed by atoms with Crippen LogP contribution in [-0.2, 0) is 4.74 Å². The number of rotatable bonds is 2. The van der Waals surface area contributed by atoms with Gasteiger partial charge in [-0.25, -0.2) is 4.79 Å². The van der Waals surface area contributed by atoms with Crippen LogP contribution in [0.5, 0.6) is 0 Å². The minimum atomic E-state index is -0.574. The number of aliphatic hydroxyl groups excluding tert-OH is 1. The summed E-state index contributed by atoms with van der Waals surface area (Å²) in [5, 5.41) is 8.64. The van der Waals surface area contributed by atoms with E-state index in [1.165, 1.54) is 0 Å². The van der Waals surface area contributed by atoms with E-state index >= 15 is 0 Å². The first-order valence-electron chi connectivity index (χ1n) is 5.77. The third-order valence-electron chi connectivity index (χ3n) is 2.99. The molecule has 5 nitrogen and oxygen atoms in total. The first kappa shape index (κ1) is 11.9. The largest absolute Gasteiger partial charge is 0.422 e. The first-order valence-corrected chi connectivity index (χ1v) is 5.77. The average molecular weight is 236 g/mol. The van der Waals surface area contributed by atoms with Crippen LogP contribution in [0.4, 0.5) is 4.79 Å². The molecule has 1 saturated heterocycles. The molecule has 5 heteroatoms. The molecular formula is C12H16N2O3. The van der Waals surface area contributed by atoms with Crippen LogP contribution in [0.1, 0.15) is 30.9 Å². The Hall–Kier alpha value is -1.62. The van der Waals surface area contributed by atoms with Crippen LogP contribution in [0.15, 0.2) is 24.5 Å². The molecule has 0 saturated carbocycles. The van der Waals surface area contributed by atoms with Crippen LogP contribution in [-0.4, -0.2) is 34.4 Å². The third kappa shape index (κ3) is 2.74. The van der Waals surface area contributed by atoms with Gasteiger partial charge in [-0.15, -0.1) is 0 Å². The maximum Gasteiger partial charge on any atom is 0.412 e. The van der Waals surface area contributed by atoms with Gasteiger partial charge in [-0.3, -0.25) is 4.98 Å². The molecule has 17 heavy (non-hydrogen) atoms. The minimum Gasteiger partial charge on any atom is -0.422 e. The molecule has 2 rings (SSSR count). The van der Waals surface area contributed by atoms with Crippen molar-refractivity contribution in [1.82, 2.24) is 9.88 Å². The summed E-state index contributed by atoms with van der Waals surface area (Å²) >= 11 is 0. The van der Waals surface area contributed by atoms with E-state index in [0.717, 1.165) is 24.8 Å². The van der Waals surface area contributed by atoms with Crippen molar-refractivity contribution in [1.29, 1.82) is 0 Å². The van der Waals surface area contributed by atoms with E-state index in [1.807, 2.05) is 12.1 Å². The SMILES string of the molecule is O=C(OCO)N1CCCCC1c1cccnc1. The highest BCUT2D eigenvalue weighted by Crippen LogP contribution is 2.30. The van der Waals surface area contributed by atoms with Crippen LogP contribution in [0.3, 0.4) is 0 Å². The number of aromatic nitrogens is 1. The van der Waals surface area contributed by atoms with E-state index in [0.29, 0.717) is 6.54 Å². The molecule has 1 aliphatic heterocycles. The Morgan fingerprint density at radius 1 is 1.59 bits per heavy atom. The second-order valence-electron chi connectivity index (χ2n) is 4.03. The van der Waals surface area contributed by atoms with Crippen molar-refractivity contribution in [3.8, 4) is 0 Å². The van der Waals surface area contributed by atoms with Crippen molar-refractivity contribution in [2.24, 2.45) is 0 Å². The maximum absolute atomic E-state index is 11.7. The average Bonchev–Trinajstić information content (AvgIpc) is 2.40. The van der Waals surface area contributed by atoms with Crippen molar-refractivity contribution in [3.63, 3.8) is 0 Å². The smallest absolute Gasteiger partial charge is 0.412 e. The molecule has 1 fully saturated rings. The van der Waals surface area contributed by atoms with Gasteiger partial charge in [0.05, 0.1) is 6.04 Å². The van der Waals surface area contributed by atoms with Gasteiger partial charge in [0.25, 0.3) is 0 Å². The molecular weight excluding hydrogens is 220 g/mol. The number of ether oxygens (including phenoxy) is 1.